The molecule has 0 radical (unpaired) electrons. The average Bonchev–Trinajstić information content (AvgIpc) is 2.75. The third-order valence-electron chi connectivity index (χ3n) is 4.88. The van der Waals surface area contributed by atoms with Gasteiger partial charge in [-0.05, 0) is 25.0 Å². The number of benzene rings is 2. The minimum atomic E-state index is -3.41. The Balaban J connectivity index is 2.30. The van der Waals surface area contributed by atoms with Crippen LogP contribution in [0.5, 0.6) is 0 Å². The van der Waals surface area contributed by atoms with Gasteiger partial charge in [0, 0.05) is 13.0 Å². The monoisotopic (exact) mass is 433 g/mol. The predicted octanol–water partition coefficient (Wildman–Crippen LogP) is 4.79. The maximum absolute atomic E-state index is 13.4. The van der Waals surface area contributed by atoms with E-state index >= 15 is 0 Å². The van der Waals surface area contributed by atoms with Crippen LogP contribution in [-0.2, 0) is 25.0 Å². The van der Waals surface area contributed by atoms with Gasteiger partial charge in [0.15, 0.2) is 0 Å². The number of nitrogens with zero attached hydrogens (tertiary/aromatic N) is 1. The topological polar surface area (TPSA) is 76.1 Å². The molecule has 1 amide bonds. The molecule has 0 aliphatic rings. The second-order valence-corrected chi connectivity index (χ2v) is 9.52. The molecule has 2 rings (SSSR count). The number of rotatable bonds is 12. The Bertz CT molecular complexity index is 805. The van der Waals surface area contributed by atoms with E-state index in [0.717, 1.165) is 11.1 Å². The van der Waals surface area contributed by atoms with Crippen LogP contribution in [0.15, 0.2) is 60.7 Å². The Morgan fingerprint density at radius 2 is 1.53 bits per heavy atom. The second-order valence-electron chi connectivity index (χ2n) is 7.04. The summed E-state index contributed by atoms with van der Waals surface area (Å²) < 4.78 is 23.9. The Labute approximate surface area is 179 Å². The second kappa shape index (κ2) is 12.0. The highest BCUT2D eigenvalue weighted by Gasteiger charge is 2.36. The Hall–Kier alpha value is -1.98. The minimum absolute atomic E-state index is 0.00650. The van der Waals surface area contributed by atoms with Crippen molar-refractivity contribution >= 4 is 13.5 Å². The van der Waals surface area contributed by atoms with Crippen LogP contribution in [0.1, 0.15) is 44.4 Å². The summed E-state index contributed by atoms with van der Waals surface area (Å²) >= 11 is 0. The van der Waals surface area contributed by atoms with Crippen LogP contribution in [-0.4, -0.2) is 41.4 Å². The smallest absolute Gasteiger partial charge is 0.333 e. The van der Waals surface area contributed by atoms with Crippen LogP contribution in [0.3, 0.4) is 0 Å². The minimum Gasteiger partial charge on any atom is -0.394 e. The van der Waals surface area contributed by atoms with Crippen LogP contribution < -0.4 is 0 Å². The Morgan fingerprint density at radius 3 is 2.03 bits per heavy atom. The molecule has 0 saturated carbocycles. The molecule has 30 heavy (non-hydrogen) atoms. The van der Waals surface area contributed by atoms with Crippen molar-refractivity contribution in [3.8, 4) is 0 Å². The summed E-state index contributed by atoms with van der Waals surface area (Å²) in [5, 5.41) is 10.1. The lowest BCUT2D eigenvalue weighted by molar-refractivity contribution is -0.135. The molecule has 164 valence electrons. The van der Waals surface area contributed by atoms with Gasteiger partial charge < -0.3 is 19.1 Å². The molecule has 0 aliphatic carbocycles. The van der Waals surface area contributed by atoms with E-state index in [9.17, 15) is 14.5 Å². The van der Waals surface area contributed by atoms with E-state index in [2.05, 4.69) is 0 Å². The first-order chi connectivity index (χ1) is 14.4. The first-order valence-electron chi connectivity index (χ1n) is 10.3. The molecular formula is C23H32NO5P. The highest BCUT2D eigenvalue weighted by Crippen LogP contribution is 2.54. The Kier molecular flexibility index (Phi) is 9.73. The molecular weight excluding hydrogens is 401 g/mol. The summed E-state index contributed by atoms with van der Waals surface area (Å²) in [6, 6.07) is 18.5. The molecule has 2 aromatic carbocycles. The zero-order chi connectivity index (χ0) is 22.0. The highest BCUT2D eigenvalue weighted by molar-refractivity contribution is 7.54. The lowest BCUT2D eigenvalue weighted by atomic mass is 10.0. The summed E-state index contributed by atoms with van der Waals surface area (Å²) in [5.41, 5.74) is 1.19. The number of hydrogen-bond donors (Lipinski definition) is 1. The predicted molar refractivity (Wildman–Crippen MR) is 118 cm³/mol. The highest BCUT2D eigenvalue weighted by atomic mass is 31.2. The molecule has 0 bridgehead atoms. The summed E-state index contributed by atoms with van der Waals surface area (Å²) in [7, 11) is -3.41. The quantitative estimate of drug-likeness (QED) is 0.487. The number of hydrogen-bond acceptors (Lipinski definition) is 5. The van der Waals surface area contributed by atoms with E-state index in [1.54, 1.807) is 25.7 Å². The van der Waals surface area contributed by atoms with Crippen LogP contribution >= 0.6 is 7.60 Å². The van der Waals surface area contributed by atoms with Crippen LogP contribution in [0.4, 0.5) is 0 Å². The van der Waals surface area contributed by atoms with Gasteiger partial charge in [0.25, 0.3) is 0 Å². The van der Waals surface area contributed by atoms with Gasteiger partial charge in [-0.1, -0.05) is 67.6 Å². The summed E-state index contributed by atoms with van der Waals surface area (Å²) in [6.07, 6.45) is -0.00650. The van der Waals surface area contributed by atoms with Crippen LogP contribution in [0.25, 0.3) is 0 Å². The summed E-state index contributed by atoms with van der Waals surface area (Å²) in [4.78, 5) is 15.0. The molecule has 0 heterocycles. The van der Waals surface area contributed by atoms with Gasteiger partial charge in [0.05, 0.1) is 31.5 Å². The van der Waals surface area contributed by atoms with Crippen molar-refractivity contribution in [2.75, 3.05) is 19.8 Å². The maximum atomic E-state index is 13.4. The van der Waals surface area contributed by atoms with Gasteiger partial charge in [-0.3, -0.25) is 9.36 Å². The fourth-order valence-electron chi connectivity index (χ4n) is 3.34. The van der Waals surface area contributed by atoms with Crippen molar-refractivity contribution in [3.05, 3.63) is 71.8 Å². The van der Waals surface area contributed by atoms with E-state index in [4.69, 9.17) is 9.05 Å². The fourth-order valence-corrected chi connectivity index (χ4v) is 5.03. The lowest BCUT2D eigenvalue weighted by Gasteiger charge is -2.33. The molecule has 0 aliphatic heterocycles. The molecule has 0 aromatic heterocycles. The van der Waals surface area contributed by atoms with E-state index in [1.807, 2.05) is 60.7 Å². The van der Waals surface area contributed by atoms with Gasteiger partial charge >= 0.3 is 7.60 Å². The van der Waals surface area contributed by atoms with Crippen LogP contribution in [0, 0.1) is 0 Å². The zero-order valence-electron chi connectivity index (χ0n) is 17.9. The SMILES string of the molecule is CCOP(=O)(OCC)[C@H](C)CC(=O)N(Cc1ccccc1)C(CO)c1ccccc1. The van der Waals surface area contributed by atoms with Gasteiger partial charge in [0.2, 0.25) is 5.91 Å². The lowest BCUT2D eigenvalue weighted by Crippen LogP contribution is -2.37. The van der Waals surface area contributed by atoms with Crippen molar-refractivity contribution in [1.82, 2.24) is 4.90 Å². The molecule has 0 spiro atoms. The van der Waals surface area contributed by atoms with Crippen molar-refractivity contribution in [2.24, 2.45) is 0 Å². The normalized spacial score (nSPS) is 13.6. The van der Waals surface area contributed by atoms with Gasteiger partial charge in [-0.2, -0.15) is 0 Å². The first kappa shape index (κ1) is 24.3. The van der Waals surface area contributed by atoms with Crippen molar-refractivity contribution < 1.29 is 23.5 Å². The molecule has 2 aromatic rings. The largest absolute Gasteiger partial charge is 0.394 e. The molecule has 6 nitrogen and oxygen atoms in total. The number of carbonyl (C=O) groups is 1. The fraction of sp³-hybridized carbons (Fsp3) is 0.435. The van der Waals surface area contributed by atoms with E-state index in [0.29, 0.717) is 6.54 Å². The van der Waals surface area contributed by atoms with E-state index < -0.39 is 19.3 Å². The maximum Gasteiger partial charge on any atom is 0.333 e. The number of amides is 1. The first-order valence-corrected chi connectivity index (χ1v) is 11.9. The molecule has 1 unspecified atom stereocenters. The average molecular weight is 433 g/mol. The van der Waals surface area contributed by atoms with Crippen molar-refractivity contribution in [2.45, 2.75) is 45.4 Å². The van der Waals surface area contributed by atoms with Crippen LogP contribution in [0.2, 0.25) is 0 Å². The summed E-state index contributed by atoms with van der Waals surface area (Å²) in [5.74, 6) is -0.214. The van der Waals surface area contributed by atoms with Crippen molar-refractivity contribution in [1.29, 1.82) is 0 Å². The molecule has 2 atom stereocenters. The van der Waals surface area contributed by atoms with Gasteiger partial charge in [-0.15, -0.1) is 0 Å². The van der Waals surface area contributed by atoms with E-state index in [1.165, 1.54) is 0 Å². The zero-order valence-corrected chi connectivity index (χ0v) is 18.8. The van der Waals surface area contributed by atoms with Gasteiger partial charge in [0.1, 0.15) is 0 Å². The molecule has 0 saturated heterocycles. The van der Waals surface area contributed by atoms with Crippen molar-refractivity contribution in [3.63, 3.8) is 0 Å². The standard InChI is InChI=1S/C23H32NO5P/c1-4-28-30(27,29-5-2)19(3)16-23(26)24(17-20-12-8-6-9-13-20)22(18-25)21-14-10-7-11-15-21/h6-15,19,22,25H,4-5,16-18H2,1-3H3/t19-,22?/m1/s1. The Morgan fingerprint density at radius 1 is 1.00 bits per heavy atom. The number of carbonyl (C=O) groups excluding carboxylic acids is 1. The third-order valence-corrected chi connectivity index (χ3v) is 7.38. The molecule has 0 fully saturated rings. The van der Waals surface area contributed by atoms with Gasteiger partial charge in [-0.25, -0.2) is 0 Å². The number of aliphatic hydroxyl groups is 1. The summed E-state index contributed by atoms with van der Waals surface area (Å²) in [6.45, 7) is 5.81. The van der Waals surface area contributed by atoms with E-state index in [-0.39, 0.29) is 32.1 Å². The molecule has 1 N–H and O–H groups in total. The third kappa shape index (κ3) is 6.51. The molecule has 7 heteroatoms. The number of aliphatic hydroxyl groups excluding tert-OH is 1.